The fraction of sp³-hybridized carbons (Fsp3) is 0.375. The Balaban J connectivity index is 2.02. The van der Waals surface area contributed by atoms with E-state index in [1.54, 1.807) is 39.2 Å². The van der Waals surface area contributed by atoms with Crippen LogP contribution in [0, 0.1) is 0 Å². The van der Waals surface area contributed by atoms with Crippen LogP contribution in [0.3, 0.4) is 0 Å². The van der Waals surface area contributed by atoms with Crippen molar-refractivity contribution in [2.45, 2.75) is 32.2 Å². The third-order valence-corrected chi connectivity index (χ3v) is 5.67. The molecule has 136 valence electrons. The molecule has 0 fully saturated rings. The van der Waals surface area contributed by atoms with Gasteiger partial charge in [-0.15, -0.1) is 0 Å². The summed E-state index contributed by atoms with van der Waals surface area (Å²) in [6.07, 6.45) is 1.57. The summed E-state index contributed by atoms with van der Waals surface area (Å²) in [5, 5.41) is 7.11. The Hall–Kier alpha value is -1.71. The van der Waals surface area contributed by atoms with Crippen molar-refractivity contribution in [1.29, 1.82) is 0 Å². The Bertz CT molecular complexity index is 893. The van der Waals surface area contributed by atoms with Crippen molar-refractivity contribution in [2.75, 3.05) is 5.32 Å². The average Bonchev–Trinajstić information content (AvgIpc) is 2.52. The van der Waals surface area contributed by atoms with E-state index in [4.69, 9.17) is 0 Å². The second kappa shape index (κ2) is 8.11. The Morgan fingerprint density at radius 2 is 1.80 bits per heavy atom. The summed E-state index contributed by atoms with van der Waals surface area (Å²) in [5.74, 6) is -0.0525. The van der Waals surface area contributed by atoms with E-state index in [9.17, 15) is 13.2 Å². The van der Waals surface area contributed by atoms with Crippen molar-refractivity contribution in [3.63, 3.8) is 0 Å². The lowest BCUT2D eigenvalue weighted by molar-refractivity contribution is 0.569. The van der Waals surface area contributed by atoms with Crippen molar-refractivity contribution >= 4 is 31.6 Å². The van der Waals surface area contributed by atoms with Gasteiger partial charge >= 0.3 is 0 Å². The van der Waals surface area contributed by atoms with Gasteiger partial charge in [0.1, 0.15) is 4.47 Å². The number of anilines is 1. The summed E-state index contributed by atoms with van der Waals surface area (Å²) in [6.45, 7) is 4.07. The Morgan fingerprint density at radius 3 is 2.40 bits per heavy atom. The van der Waals surface area contributed by atoms with Gasteiger partial charge in [-0.1, -0.05) is 24.3 Å². The van der Waals surface area contributed by atoms with Crippen LogP contribution in [0.25, 0.3) is 0 Å². The number of aryl methyl sites for hydroxylation is 1. The first-order valence-electron chi connectivity index (χ1n) is 7.71. The van der Waals surface area contributed by atoms with Crippen molar-refractivity contribution in [3.8, 4) is 0 Å². The fourth-order valence-electron chi connectivity index (χ4n) is 2.20. The number of sulfonamides is 1. The molecule has 2 N–H and O–H groups in total. The van der Waals surface area contributed by atoms with E-state index >= 15 is 0 Å². The molecule has 1 aromatic carbocycles. The first-order valence-corrected chi connectivity index (χ1v) is 10.2. The lowest BCUT2D eigenvalue weighted by Crippen LogP contribution is -2.31. The molecule has 1 aromatic heterocycles. The molecule has 0 amide bonds. The van der Waals surface area contributed by atoms with Crippen LogP contribution in [0.15, 0.2) is 39.7 Å². The second-order valence-electron chi connectivity index (χ2n) is 6.00. The second-order valence-corrected chi connectivity index (χ2v) is 8.55. The molecule has 9 heteroatoms. The first kappa shape index (κ1) is 19.6. The summed E-state index contributed by atoms with van der Waals surface area (Å²) in [5.41, 5.74) is 2.07. The molecule has 1 heterocycles. The van der Waals surface area contributed by atoms with E-state index in [1.807, 2.05) is 12.1 Å². The summed E-state index contributed by atoms with van der Waals surface area (Å²) < 4.78 is 28.1. The summed E-state index contributed by atoms with van der Waals surface area (Å²) in [4.78, 5) is 11.8. The minimum atomic E-state index is -3.33. The highest BCUT2D eigenvalue weighted by molar-refractivity contribution is 9.10. The monoisotopic (exact) mass is 428 g/mol. The van der Waals surface area contributed by atoms with Gasteiger partial charge in [0.05, 0.1) is 17.6 Å². The van der Waals surface area contributed by atoms with E-state index in [0.717, 1.165) is 5.56 Å². The largest absolute Gasteiger partial charge is 0.379 e. The van der Waals surface area contributed by atoms with Gasteiger partial charge in [-0.25, -0.2) is 17.8 Å². The number of rotatable bonds is 7. The molecule has 0 spiro atoms. The third-order valence-electron chi connectivity index (χ3n) is 3.36. The number of benzene rings is 1. The minimum Gasteiger partial charge on any atom is -0.379 e. The van der Waals surface area contributed by atoms with Crippen molar-refractivity contribution in [3.05, 3.63) is 56.4 Å². The van der Waals surface area contributed by atoms with Gasteiger partial charge < -0.3 is 5.32 Å². The Labute approximate surface area is 155 Å². The molecule has 25 heavy (non-hydrogen) atoms. The highest BCUT2D eigenvalue weighted by Gasteiger charge is 2.13. The molecule has 0 aliphatic heterocycles. The zero-order valence-electron chi connectivity index (χ0n) is 14.3. The molecule has 0 saturated heterocycles. The van der Waals surface area contributed by atoms with Crippen LogP contribution in [-0.2, 0) is 29.4 Å². The molecule has 7 nitrogen and oxygen atoms in total. The zero-order valence-corrected chi connectivity index (χ0v) is 16.7. The van der Waals surface area contributed by atoms with Crippen LogP contribution < -0.4 is 15.6 Å². The molecule has 0 aliphatic rings. The van der Waals surface area contributed by atoms with E-state index in [-0.39, 0.29) is 17.4 Å². The number of halogens is 1. The quantitative estimate of drug-likeness (QED) is 0.702. The van der Waals surface area contributed by atoms with Gasteiger partial charge in [0.25, 0.3) is 5.56 Å². The molecule has 0 aliphatic carbocycles. The normalized spacial score (nSPS) is 11.7. The molecular formula is C16H21BrN4O3S. The highest BCUT2D eigenvalue weighted by atomic mass is 79.9. The lowest BCUT2D eigenvalue weighted by Gasteiger charge is -2.11. The molecule has 0 unspecified atom stereocenters. The first-order chi connectivity index (χ1) is 11.7. The van der Waals surface area contributed by atoms with Crippen LogP contribution >= 0.6 is 15.9 Å². The highest BCUT2D eigenvalue weighted by Crippen LogP contribution is 2.17. The molecular weight excluding hydrogens is 408 g/mol. The fourth-order valence-corrected chi connectivity index (χ4v) is 4.14. The average molecular weight is 429 g/mol. The summed E-state index contributed by atoms with van der Waals surface area (Å²) in [7, 11) is -1.75. The van der Waals surface area contributed by atoms with Crippen molar-refractivity contribution in [2.24, 2.45) is 7.05 Å². The lowest BCUT2D eigenvalue weighted by atomic mass is 10.1. The number of aromatic nitrogens is 2. The topological polar surface area (TPSA) is 93.1 Å². The standard InChI is InChI=1S/C16H21BrN4O3S/c1-11(2)20-25(23,24)10-13-6-4-12(5-7-13)8-18-14-9-19-21(3)16(22)15(14)17/h4-7,9,11,18,20H,8,10H2,1-3H3. The van der Waals surface area contributed by atoms with Gasteiger partial charge in [-0.05, 0) is 40.9 Å². The number of hydrogen-bond acceptors (Lipinski definition) is 5. The maximum absolute atomic E-state index is 11.9. The zero-order chi connectivity index (χ0) is 18.6. The smallest absolute Gasteiger partial charge is 0.282 e. The maximum atomic E-state index is 11.9. The van der Waals surface area contributed by atoms with Crippen molar-refractivity contribution in [1.82, 2.24) is 14.5 Å². The van der Waals surface area contributed by atoms with Gasteiger partial charge in [-0.3, -0.25) is 4.79 Å². The Morgan fingerprint density at radius 1 is 1.20 bits per heavy atom. The van der Waals surface area contributed by atoms with Gasteiger partial charge in [0.15, 0.2) is 0 Å². The van der Waals surface area contributed by atoms with Crippen LogP contribution in [0.5, 0.6) is 0 Å². The van der Waals surface area contributed by atoms with E-state index < -0.39 is 10.0 Å². The van der Waals surface area contributed by atoms with Gasteiger partial charge in [-0.2, -0.15) is 5.10 Å². The van der Waals surface area contributed by atoms with Crippen LogP contribution in [0.2, 0.25) is 0 Å². The Kier molecular flexibility index (Phi) is 6.36. The SMILES string of the molecule is CC(C)NS(=O)(=O)Cc1ccc(CNc2cnn(C)c(=O)c2Br)cc1. The van der Waals surface area contributed by atoms with E-state index in [2.05, 4.69) is 31.1 Å². The number of nitrogens with zero attached hydrogens (tertiary/aromatic N) is 2. The van der Waals surface area contributed by atoms with E-state index in [1.165, 1.54) is 4.68 Å². The molecule has 0 bridgehead atoms. The van der Waals surface area contributed by atoms with E-state index in [0.29, 0.717) is 22.3 Å². The number of hydrogen-bond donors (Lipinski definition) is 2. The predicted molar refractivity (Wildman–Crippen MR) is 102 cm³/mol. The third kappa shape index (κ3) is 5.65. The summed E-state index contributed by atoms with van der Waals surface area (Å²) in [6, 6.07) is 7.16. The minimum absolute atomic E-state index is 0.0525. The maximum Gasteiger partial charge on any atom is 0.282 e. The molecule has 0 saturated carbocycles. The van der Waals surface area contributed by atoms with Gasteiger partial charge in [0.2, 0.25) is 10.0 Å². The number of nitrogens with one attached hydrogen (secondary N) is 2. The van der Waals surface area contributed by atoms with Crippen molar-refractivity contribution < 1.29 is 8.42 Å². The van der Waals surface area contributed by atoms with Crippen LogP contribution in [0.1, 0.15) is 25.0 Å². The molecule has 2 rings (SSSR count). The molecule has 0 radical (unpaired) electrons. The van der Waals surface area contributed by atoms with Crippen LogP contribution in [-0.4, -0.2) is 24.2 Å². The predicted octanol–water partition coefficient (Wildman–Crippen LogP) is 1.98. The van der Waals surface area contributed by atoms with Gasteiger partial charge in [0, 0.05) is 19.6 Å². The molecule has 2 aromatic rings. The summed E-state index contributed by atoms with van der Waals surface area (Å²) >= 11 is 3.26. The van der Waals surface area contributed by atoms with Crippen LogP contribution in [0.4, 0.5) is 5.69 Å². The molecule has 0 atom stereocenters.